The van der Waals surface area contributed by atoms with Crippen LogP contribution in [0.1, 0.15) is 17.9 Å². The highest BCUT2D eigenvalue weighted by atomic mass is 19.4. The van der Waals surface area contributed by atoms with Gasteiger partial charge in [-0.3, -0.25) is 4.79 Å². The van der Waals surface area contributed by atoms with Crippen LogP contribution in [0.15, 0.2) is 47.0 Å². The molecular formula is C21H18F5N3O2. The molecule has 0 aliphatic carbocycles. The molecule has 0 radical (unpaired) electrons. The number of nitrogens with one attached hydrogen (secondary N) is 1. The van der Waals surface area contributed by atoms with Gasteiger partial charge in [-0.1, -0.05) is 0 Å². The van der Waals surface area contributed by atoms with Gasteiger partial charge in [0.15, 0.2) is 11.7 Å². The third-order valence-corrected chi connectivity index (χ3v) is 4.40. The van der Waals surface area contributed by atoms with Gasteiger partial charge in [0.1, 0.15) is 11.6 Å². The minimum atomic E-state index is -4.55. The maximum absolute atomic E-state index is 13.8. The predicted octanol–water partition coefficient (Wildman–Crippen LogP) is 5.28. The van der Waals surface area contributed by atoms with Crippen molar-refractivity contribution in [1.82, 2.24) is 4.98 Å². The molecule has 0 saturated carbocycles. The molecule has 0 saturated heterocycles. The van der Waals surface area contributed by atoms with E-state index in [4.69, 9.17) is 4.42 Å². The van der Waals surface area contributed by atoms with Crippen LogP contribution >= 0.6 is 0 Å². The van der Waals surface area contributed by atoms with Crippen molar-refractivity contribution in [2.75, 3.05) is 24.3 Å². The molecule has 3 aromatic rings. The number of carbonyl (C=O) groups is 1. The summed E-state index contributed by atoms with van der Waals surface area (Å²) in [7, 11) is 3.28. The molecule has 1 N–H and O–H groups in total. The normalized spacial score (nSPS) is 11.5. The van der Waals surface area contributed by atoms with E-state index in [1.807, 2.05) is 0 Å². The molecular weight excluding hydrogens is 421 g/mol. The lowest BCUT2D eigenvalue weighted by Gasteiger charge is -2.19. The number of oxazole rings is 1. The number of carbonyl (C=O) groups excluding carboxylic acids is 1. The maximum atomic E-state index is 13.8. The molecule has 3 rings (SSSR count). The number of hydrogen-bond donors (Lipinski definition) is 1. The molecule has 0 atom stereocenters. The quantitative estimate of drug-likeness (QED) is 0.532. The van der Waals surface area contributed by atoms with Crippen LogP contribution in [0.25, 0.3) is 11.3 Å². The van der Waals surface area contributed by atoms with Crippen molar-refractivity contribution in [2.24, 2.45) is 0 Å². The van der Waals surface area contributed by atoms with Gasteiger partial charge in [-0.25, -0.2) is 13.8 Å². The Morgan fingerprint density at radius 1 is 1.13 bits per heavy atom. The highest BCUT2D eigenvalue weighted by Gasteiger charge is 2.31. The van der Waals surface area contributed by atoms with Gasteiger partial charge in [0.2, 0.25) is 5.91 Å². The summed E-state index contributed by atoms with van der Waals surface area (Å²) in [6.07, 6.45) is -3.39. The number of rotatable bonds is 6. The minimum absolute atomic E-state index is 0.0178. The van der Waals surface area contributed by atoms with Crippen LogP contribution in [0.3, 0.4) is 0 Å². The Balaban J connectivity index is 1.69. The van der Waals surface area contributed by atoms with Crippen LogP contribution in [-0.4, -0.2) is 25.0 Å². The second kappa shape index (κ2) is 8.75. The summed E-state index contributed by atoms with van der Waals surface area (Å²) in [6.45, 7) is 0. The second-order valence-electron chi connectivity index (χ2n) is 6.91. The average Bonchev–Trinajstić information content (AvgIpc) is 3.14. The molecule has 5 nitrogen and oxygen atoms in total. The van der Waals surface area contributed by atoms with E-state index in [9.17, 15) is 26.7 Å². The number of alkyl halides is 3. The summed E-state index contributed by atoms with van der Waals surface area (Å²) >= 11 is 0. The fraction of sp³-hybridized carbons (Fsp3) is 0.238. The molecule has 0 unspecified atom stereocenters. The Kier molecular flexibility index (Phi) is 6.28. The number of anilines is 2. The summed E-state index contributed by atoms with van der Waals surface area (Å²) in [5, 5.41) is 2.48. The van der Waals surface area contributed by atoms with Gasteiger partial charge in [-0.15, -0.1) is 0 Å². The van der Waals surface area contributed by atoms with Crippen molar-refractivity contribution in [1.29, 1.82) is 0 Å². The van der Waals surface area contributed by atoms with Crippen molar-refractivity contribution in [3.05, 3.63) is 65.7 Å². The van der Waals surface area contributed by atoms with Crippen molar-refractivity contribution < 1.29 is 31.2 Å². The van der Waals surface area contributed by atoms with E-state index in [1.165, 1.54) is 18.3 Å². The minimum Gasteiger partial charge on any atom is -0.441 e. The van der Waals surface area contributed by atoms with Crippen LogP contribution in [0.2, 0.25) is 0 Å². The summed E-state index contributed by atoms with van der Waals surface area (Å²) < 4.78 is 71.3. The lowest BCUT2D eigenvalue weighted by molar-refractivity contribution is -0.137. The average molecular weight is 439 g/mol. The fourth-order valence-electron chi connectivity index (χ4n) is 2.88. The molecule has 0 fully saturated rings. The monoisotopic (exact) mass is 439 g/mol. The Hall–Kier alpha value is -3.43. The molecule has 0 spiro atoms. The second-order valence-corrected chi connectivity index (χ2v) is 6.91. The molecule has 2 aromatic carbocycles. The van der Waals surface area contributed by atoms with Crippen molar-refractivity contribution >= 4 is 17.3 Å². The first-order valence-electron chi connectivity index (χ1n) is 9.13. The van der Waals surface area contributed by atoms with Crippen LogP contribution in [0.4, 0.5) is 33.3 Å². The SMILES string of the molecule is CN(C)c1ccc(C(F)(F)F)cc1NC(=O)CCc1ncc(-c2ccc(F)cc2F)o1. The van der Waals surface area contributed by atoms with E-state index >= 15 is 0 Å². The number of benzene rings is 2. The van der Waals surface area contributed by atoms with E-state index < -0.39 is 29.3 Å². The summed E-state index contributed by atoms with van der Waals surface area (Å²) in [6, 6.07) is 6.07. The van der Waals surface area contributed by atoms with Gasteiger partial charge in [0.25, 0.3) is 0 Å². The van der Waals surface area contributed by atoms with Crippen LogP contribution in [-0.2, 0) is 17.4 Å². The molecule has 10 heteroatoms. The van der Waals surface area contributed by atoms with Crippen molar-refractivity contribution in [2.45, 2.75) is 19.0 Å². The number of nitrogens with zero attached hydrogens (tertiary/aromatic N) is 2. The third kappa shape index (κ3) is 5.39. The summed E-state index contributed by atoms with van der Waals surface area (Å²) in [4.78, 5) is 17.8. The first-order valence-corrected chi connectivity index (χ1v) is 9.13. The maximum Gasteiger partial charge on any atom is 0.416 e. The highest BCUT2D eigenvalue weighted by Crippen LogP contribution is 2.35. The molecule has 0 aliphatic rings. The molecule has 1 amide bonds. The summed E-state index contributed by atoms with van der Waals surface area (Å²) in [5.74, 6) is -1.90. The first-order chi connectivity index (χ1) is 14.5. The standard InChI is InChI=1S/C21H18F5N3O2/c1-29(2)17-6-3-12(21(24,25)26)9-16(17)28-19(30)7-8-20-27-11-18(31-20)14-5-4-13(22)10-15(14)23/h3-6,9-11H,7-8H2,1-2H3,(H,28,30). The van der Waals surface area contributed by atoms with Crippen molar-refractivity contribution in [3.63, 3.8) is 0 Å². The number of halogens is 5. The lowest BCUT2D eigenvalue weighted by Crippen LogP contribution is -2.18. The van der Waals surface area contributed by atoms with E-state index in [-0.39, 0.29) is 35.7 Å². The molecule has 31 heavy (non-hydrogen) atoms. The Labute approximate surface area is 174 Å². The first kappa shape index (κ1) is 22.3. The zero-order valence-electron chi connectivity index (χ0n) is 16.6. The number of aryl methyl sites for hydroxylation is 1. The molecule has 0 bridgehead atoms. The molecule has 1 heterocycles. The number of aromatic nitrogens is 1. The van der Waals surface area contributed by atoms with E-state index in [2.05, 4.69) is 10.3 Å². The highest BCUT2D eigenvalue weighted by molar-refractivity contribution is 5.94. The zero-order chi connectivity index (χ0) is 22.8. The van der Waals surface area contributed by atoms with Crippen LogP contribution in [0.5, 0.6) is 0 Å². The zero-order valence-corrected chi connectivity index (χ0v) is 16.6. The topological polar surface area (TPSA) is 58.4 Å². The third-order valence-electron chi connectivity index (χ3n) is 4.40. The van der Waals surface area contributed by atoms with Gasteiger partial charge < -0.3 is 14.6 Å². The van der Waals surface area contributed by atoms with Gasteiger partial charge in [-0.2, -0.15) is 13.2 Å². The predicted molar refractivity (Wildman–Crippen MR) is 105 cm³/mol. The van der Waals surface area contributed by atoms with Gasteiger partial charge in [0, 0.05) is 33.0 Å². The number of amides is 1. The number of hydrogen-bond acceptors (Lipinski definition) is 4. The van der Waals surface area contributed by atoms with Gasteiger partial charge >= 0.3 is 6.18 Å². The van der Waals surface area contributed by atoms with E-state index in [0.717, 1.165) is 18.2 Å². The lowest BCUT2D eigenvalue weighted by atomic mass is 10.1. The smallest absolute Gasteiger partial charge is 0.416 e. The summed E-state index contributed by atoms with van der Waals surface area (Å²) in [5.41, 5.74) is -0.436. The molecule has 1 aromatic heterocycles. The van der Waals surface area contributed by atoms with Gasteiger partial charge in [0.05, 0.1) is 28.7 Å². The van der Waals surface area contributed by atoms with E-state index in [1.54, 1.807) is 19.0 Å². The van der Waals surface area contributed by atoms with Crippen LogP contribution < -0.4 is 10.2 Å². The Morgan fingerprint density at radius 2 is 1.87 bits per heavy atom. The Bertz CT molecular complexity index is 1090. The van der Waals surface area contributed by atoms with E-state index in [0.29, 0.717) is 11.8 Å². The van der Waals surface area contributed by atoms with Crippen LogP contribution in [0, 0.1) is 11.6 Å². The van der Waals surface area contributed by atoms with Crippen molar-refractivity contribution in [3.8, 4) is 11.3 Å². The molecule has 0 aliphatic heterocycles. The molecule has 164 valence electrons. The van der Waals surface area contributed by atoms with Gasteiger partial charge in [-0.05, 0) is 30.3 Å². The largest absolute Gasteiger partial charge is 0.441 e. The Morgan fingerprint density at radius 3 is 2.52 bits per heavy atom. The fourth-order valence-corrected chi connectivity index (χ4v) is 2.88.